The molecule has 0 aliphatic heterocycles. The predicted octanol–water partition coefficient (Wildman–Crippen LogP) is 3.75. The molecule has 0 unspecified atom stereocenters. The molecule has 0 radical (unpaired) electrons. The molecule has 4 heteroatoms. The van der Waals surface area contributed by atoms with E-state index >= 15 is 0 Å². The van der Waals surface area contributed by atoms with Crippen LogP contribution in [0.1, 0.15) is 33.4 Å². The molecule has 0 atom stereocenters. The van der Waals surface area contributed by atoms with Crippen LogP contribution in [0.5, 0.6) is 17.2 Å². The Balaban J connectivity index is 0.000000384. The van der Waals surface area contributed by atoms with Crippen molar-refractivity contribution in [2.45, 2.75) is 41.5 Å². The van der Waals surface area contributed by atoms with Crippen molar-refractivity contribution in [3.8, 4) is 17.2 Å². The third-order valence-corrected chi connectivity index (χ3v) is 4.03. The topological polar surface area (TPSA) is 69.2 Å². The minimum absolute atomic E-state index is 0. The van der Waals surface area contributed by atoms with Gasteiger partial charge in [0.15, 0.2) is 0 Å². The first kappa shape index (κ1) is 25.6. The maximum atomic E-state index is 10.8. The average molecular weight is 390 g/mol. The van der Waals surface area contributed by atoms with E-state index < -0.39 is 0 Å². The molecule has 3 rings (SSSR count). The minimum Gasteiger partial charge on any atom is -0.872 e. The molecule has 0 fully saturated rings. The van der Waals surface area contributed by atoms with Crippen molar-refractivity contribution in [3.05, 3.63) is 88.0 Å². The Morgan fingerprint density at radius 1 is 0.429 bits per heavy atom. The quantitative estimate of drug-likeness (QED) is 0.549. The van der Waals surface area contributed by atoms with E-state index in [1.807, 2.05) is 77.9 Å². The predicted molar refractivity (Wildman–Crippen MR) is 112 cm³/mol. The first-order chi connectivity index (χ1) is 12.6. The van der Waals surface area contributed by atoms with E-state index in [9.17, 15) is 15.3 Å². The Bertz CT molecular complexity index is 771. The molecule has 0 spiro atoms. The van der Waals surface area contributed by atoms with Gasteiger partial charge >= 0.3 is 17.4 Å². The van der Waals surface area contributed by atoms with Gasteiger partial charge in [-0.25, -0.2) is 0 Å². The monoisotopic (exact) mass is 390 g/mol. The van der Waals surface area contributed by atoms with Gasteiger partial charge in [0.05, 0.1) is 0 Å². The van der Waals surface area contributed by atoms with Crippen molar-refractivity contribution >= 4 is 17.4 Å². The Hall–Kier alpha value is -2.41. The number of aryl methyl sites for hydroxylation is 6. The molecule has 0 amide bonds. The van der Waals surface area contributed by atoms with Crippen molar-refractivity contribution in [3.63, 3.8) is 0 Å². The summed E-state index contributed by atoms with van der Waals surface area (Å²) >= 11 is 0. The standard InChI is InChI=1S/3C8H10O.Al/c3*1-6-3-4-7(2)8(9)5-6;/h3*3-5,9H,1-2H3;/q;;;+3/p-3. The van der Waals surface area contributed by atoms with Gasteiger partial charge in [0.2, 0.25) is 0 Å². The summed E-state index contributed by atoms with van der Waals surface area (Å²) in [7, 11) is 0. The van der Waals surface area contributed by atoms with Gasteiger partial charge in [-0.3, -0.25) is 0 Å². The van der Waals surface area contributed by atoms with Crippen LogP contribution in [-0.4, -0.2) is 17.4 Å². The summed E-state index contributed by atoms with van der Waals surface area (Å²) in [5.74, 6) is 0.403. The summed E-state index contributed by atoms with van der Waals surface area (Å²) in [5.41, 5.74) is 5.56. The van der Waals surface area contributed by atoms with Gasteiger partial charge in [-0.1, -0.05) is 88.0 Å². The zero-order valence-electron chi connectivity index (χ0n) is 17.5. The summed E-state index contributed by atoms with van der Waals surface area (Å²) in [6, 6.07) is 16.3. The second-order valence-electron chi connectivity index (χ2n) is 6.81. The third kappa shape index (κ3) is 8.99. The summed E-state index contributed by atoms with van der Waals surface area (Å²) in [6.07, 6.45) is 0. The molecular formula is C24H27AlO3. The van der Waals surface area contributed by atoms with Gasteiger partial charge in [-0.2, -0.15) is 0 Å². The molecule has 3 aromatic rings. The number of hydrogen-bond donors (Lipinski definition) is 0. The molecule has 3 nitrogen and oxygen atoms in total. The molecule has 28 heavy (non-hydrogen) atoms. The zero-order valence-corrected chi connectivity index (χ0v) is 18.7. The molecular weight excluding hydrogens is 363 g/mol. The summed E-state index contributed by atoms with van der Waals surface area (Å²) in [6.45, 7) is 11.2. The normalized spacial score (nSPS) is 9.21. The van der Waals surface area contributed by atoms with Crippen LogP contribution >= 0.6 is 0 Å². The third-order valence-electron chi connectivity index (χ3n) is 4.03. The van der Waals surface area contributed by atoms with Crippen LogP contribution in [0.25, 0.3) is 0 Å². The first-order valence-corrected chi connectivity index (χ1v) is 8.83. The van der Waals surface area contributed by atoms with Crippen LogP contribution in [0.3, 0.4) is 0 Å². The van der Waals surface area contributed by atoms with E-state index in [1.165, 1.54) is 0 Å². The van der Waals surface area contributed by atoms with E-state index in [0.717, 1.165) is 33.4 Å². The second-order valence-corrected chi connectivity index (χ2v) is 6.81. The largest absolute Gasteiger partial charge is 3.00 e. The van der Waals surface area contributed by atoms with Crippen molar-refractivity contribution in [1.82, 2.24) is 0 Å². The zero-order chi connectivity index (χ0) is 20.6. The molecule has 3 aromatic carbocycles. The van der Waals surface area contributed by atoms with Crippen molar-refractivity contribution in [2.75, 3.05) is 0 Å². The van der Waals surface area contributed by atoms with Gasteiger partial charge in [0, 0.05) is 0 Å². The van der Waals surface area contributed by atoms with Crippen LogP contribution < -0.4 is 15.3 Å². The van der Waals surface area contributed by atoms with E-state index in [1.54, 1.807) is 18.2 Å². The molecule has 0 heterocycles. The number of rotatable bonds is 0. The molecule has 0 aromatic heterocycles. The van der Waals surface area contributed by atoms with Crippen LogP contribution in [0.4, 0.5) is 0 Å². The van der Waals surface area contributed by atoms with Gasteiger partial charge in [0.25, 0.3) is 0 Å². The van der Waals surface area contributed by atoms with E-state index in [4.69, 9.17) is 0 Å². The van der Waals surface area contributed by atoms with Gasteiger partial charge < -0.3 is 15.3 Å². The fraction of sp³-hybridized carbons (Fsp3) is 0.250. The fourth-order valence-electron chi connectivity index (χ4n) is 2.12. The maximum absolute atomic E-state index is 10.8. The van der Waals surface area contributed by atoms with E-state index in [0.29, 0.717) is 0 Å². The van der Waals surface area contributed by atoms with Gasteiger partial charge in [-0.05, 0) is 41.5 Å². The van der Waals surface area contributed by atoms with E-state index in [2.05, 4.69) is 0 Å². The molecule has 0 bridgehead atoms. The van der Waals surface area contributed by atoms with Crippen molar-refractivity contribution in [1.29, 1.82) is 0 Å². The fourth-order valence-corrected chi connectivity index (χ4v) is 2.12. The molecule has 0 aliphatic carbocycles. The molecule has 0 saturated heterocycles. The van der Waals surface area contributed by atoms with E-state index in [-0.39, 0.29) is 34.6 Å². The number of hydrogen-bond acceptors (Lipinski definition) is 3. The second kappa shape index (κ2) is 12.1. The molecule has 0 N–H and O–H groups in total. The van der Waals surface area contributed by atoms with Crippen LogP contribution in [0, 0.1) is 41.5 Å². The molecule has 0 saturated carbocycles. The summed E-state index contributed by atoms with van der Waals surface area (Å²) in [4.78, 5) is 0. The molecule has 144 valence electrons. The summed E-state index contributed by atoms with van der Waals surface area (Å²) in [5, 5.41) is 32.5. The molecule has 0 aliphatic rings. The Labute approximate surface area is 179 Å². The van der Waals surface area contributed by atoms with Gasteiger partial charge in [-0.15, -0.1) is 17.2 Å². The van der Waals surface area contributed by atoms with Crippen molar-refractivity contribution in [2.24, 2.45) is 0 Å². The minimum atomic E-state index is 0. The Morgan fingerprint density at radius 2 is 0.643 bits per heavy atom. The Morgan fingerprint density at radius 3 is 0.786 bits per heavy atom. The maximum Gasteiger partial charge on any atom is 3.00 e. The summed E-state index contributed by atoms with van der Waals surface area (Å²) < 4.78 is 0. The Kier molecular flexibility index (Phi) is 11.1. The smallest absolute Gasteiger partial charge is 0.872 e. The first-order valence-electron chi connectivity index (χ1n) is 8.83. The van der Waals surface area contributed by atoms with Crippen LogP contribution in [0.15, 0.2) is 54.6 Å². The van der Waals surface area contributed by atoms with Crippen LogP contribution in [0.2, 0.25) is 0 Å². The average Bonchev–Trinajstić information content (AvgIpc) is 2.60. The van der Waals surface area contributed by atoms with Crippen molar-refractivity contribution < 1.29 is 15.3 Å². The number of benzene rings is 3. The SMILES string of the molecule is Cc1ccc(C)c([O-])c1.Cc1ccc(C)c([O-])c1.Cc1ccc(C)c([O-])c1.[Al+3]. The van der Waals surface area contributed by atoms with Crippen LogP contribution in [-0.2, 0) is 0 Å². The van der Waals surface area contributed by atoms with Gasteiger partial charge in [0.1, 0.15) is 0 Å².